The van der Waals surface area contributed by atoms with Crippen LogP contribution >= 0.6 is 0 Å². The molecule has 0 atom stereocenters. The summed E-state index contributed by atoms with van der Waals surface area (Å²) in [6.45, 7) is 4.54. The maximum absolute atomic E-state index is 12.3. The molecule has 18 heavy (non-hydrogen) atoms. The van der Waals surface area contributed by atoms with Crippen molar-refractivity contribution in [1.29, 1.82) is 0 Å². The monoisotopic (exact) mass is 268 g/mol. The number of terminal acetylenes is 1. The molecule has 7 heteroatoms. The second-order valence-electron chi connectivity index (χ2n) is 4.22. The van der Waals surface area contributed by atoms with Crippen LogP contribution in [0.5, 0.6) is 0 Å². The van der Waals surface area contributed by atoms with E-state index in [9.17, 15) is 8.42 Å². The molecule has 0 bridgehead atoms. The summed E-state index contributed by atoms with van der Waals surface area (Å²) >= 11 is 0. The molecule has 1 N–H and O–H groups in total. The Morgan fingerprint density at radius 3 is 2.61 bits per heavy atom. The normalized spacial score (nSPS) is 18.7. The molecule has 2 heterocycles. The van der Waals surface area contributed by atoms with Gasteiger partial charge in [0.25, 0.3) is 10.0 Å². The van der Waals surface area contributed by atoms with Crippen LogP contribution in [0.1, 0.15) is 5.82 Å². The molecule has 0 aliphatic carbocycles. The zero-order chi connectivity index (χ0) is 13.2. The molecule has 1 aromatic heterocycles. The van der Waals surface area contributed by atoms with Crippen LogP contribution in [0.15, 0.2) is 11.2 Å². The van der Waals surface area contributed by atoms with E-state index in [0.717, 1.165) is 0 Å². The van der Waals surface area contributed by atoms with Gasteiger partial charge in [-0.25, -0.2) is 13.4 Å². The predicted molar refractivity (Wildman–Crippen MR) is 67.4 cm³/mol. The van der Waals surface area contributed by atoms with Crippen molar-refractivity contribution in [2.75, 3.05) is 32.7 Å². The van der Waals surface area contributed by atoms with Gasteiger partial charge in [-0.3, -0.25) is 4.90 Å². The SMILES string of the molecule is C#CCN1CCN(S(=O)(=O)c2cnc(C)[nH]2)CC1. The number of hydrogen-bond donors (Lipinski definition) is 1. The van der Waals surface area contributed by atoms with Gasteiger partial charge in [-0.05, 0) is 6.92 Å². The van der Waals surface area contributed by atoms with Crippen molar-refractivity contribution in [3.8, 4) is 12.3 Å². The molecule has 0 aromatic carbocycles. The van der Waals surface area contributed by atoms with E-state index in [4.69, 9.17) is 6.42 Å². The molecule has 0 spiro atoms. The van der Waals surface area contributed by atoms with Crippen LogP contribution in [0.25, 0.3) is 0 Å². The summed E-state index contributed by atoms with van der Waals surface area (Å²) in [4.78, 5) is 8.75. The minimum absolute atomic E-state index is 0.158. The Hall–Kier alpha value is -1.36. The first-order valence-corrected chi connectivity index (χ1v) is 7.15. The average molecular weight is 268 g/mol. The Morgan fingerprint density at radius 2 is 2.11 bits per heavy atom. The Labute approximate surface area is 107 Å². The largest absolute Gasteiger partial charge is 0.332 e. The molecule has 1 saturated heterocycles. The van der Waals surface area contributed by atoms with E-state index in [2.05, 4.69) is 20.8 Å². The molecule has 0 amide bonds. The summed E-state index contributed by atoms with van der Waals surface area (Å²) in [5.41, 5.74) is 0. The summed E-state index contributed by atoms with van der Waals surface area (Å²) in [7, 11) is -3.44. The van der Waals surface area contributed by atoms with E-state index in [0.29, 0.717) is 38.5 Å². The highest BCUT2D eigenvalue weighted by Gasteiger charge is 2.29. The number of rotatable bonds is 3. The molecule has 1 fully saturated rings. The van der Waals surface area contributed by atoms with E-state index in [-0.39, 0.29) is 5.03 Å². The third-order valence-corrected chi connectivity index (χ3v) is 4.75. The van der Waals surface area contributed by atoms with Crippen LogP contribution in [0.2, 0.25) is 0 Å². The third-order valence-electron chi connectivity index (χ3n) is 2.94. The summed E-state index contributed by atoms with van der Waals surface area (Å²) in [5.74, 6) is 3.16. The zero-order valence-electron chi connectivity index (χ0n) is 10.3. The Balaban J connectivity index is 2.07. The lowest BCUT2D eigenvalue weighted by atomic mass is 10.4. The smallest absolute Gasteiger partial charge is 0.260 e. The van der Waals surface area contributed by atoms with Gasteiger partial charge in [-0.15, -0.1) is 6.42 Å². The van der Waals surface area contributed by atoms with E-state index < -0.39 is 10.0 Å². The van der Waals surface area contributed by atoms with E-state index in [1.807, 2.05) is 0 Å². The maximum atomic E-state index is 12.3. The molecule has 98 valence electrons. The Morgan fingerprint density at radius 1 is 1.44 bits per heavy atom. The number of nitrogens with zero attached hydrogens (tertiary/aromatic N) is 3. The highest BCUT2D eigenvalue weighted by Crippen LogP contribution is 2.15. The van der Waals surface area contributed by atoms with Gasteiger partial charge in [-0.2, -0.15) is 4.31 Å². The number of imidazole rings is 1. The van der Waals surface area contributed by atoms with Gasteiger partial charge >= 0.3 is 0 Å². The molecule has 1 aliphatic heterocycles. The zero-order valence-corrected chi connectivity index (χ0v) is 11.1. The average Bonchev–Trinajstić information content (AvgIpc) is 2.78. The molecular weight excluding hydrogens is 252 g/mol. The number of H-pyrrole nitrogens is 1. The lowest BCUT2D eigenvalue weighted by Crippen LogP contribution is -2.48. The molecule has 2 rings (SSSR count). The van der Waals surface area contributed by atoms with Crippen LogP contribution in [-0.2, 0) is 10.0 Å². The minimum atomic E-state index is -3.44. The molecule has 0 saturated carbocycles. The van der Waals surface area contributed by atoms with Crippen molar-refractivity contribution >= 4 is 10.0 Å². The Kier molecular flexibility index (Phi) is 3.71. The van der Waals surface area contributed by atoms with Crippen molar-refractivity contribution in [3.63, 3.8) is 0 Å². The van der Waals surface area contributed by atoms with E-state index in [1.165, 1.54) is 10.5 Å². The number of aryl methyl sites for hydroxylation is 1. The highest BCUT2D eigenvalue weighted by molar-refractivity contribution is 7.89. The highest BCUT2D eigenvalue weighted by atomic mass is 32.2. The minimum Gasteiger partial charge on any atom is -0.332 e. The van der Waals surface area contributed by atoms with Crippen LogP contribution < -0.4 is 0 Å². The fourth-order valence-electron chi connectivity index (χ4n) is 1.93. The summed E-state index contributed by atoms with van der Waals surface area (Å²) in [6, 6.07) is 0. The summed E-state index contributed by atoms with van der Waals surface area (Å²) in [6.07, 6.45) is 6.60. The van der Waals surface area contributed by atoms with Gasteiger partial charge in [0.05, 0.1) is 12.7 Å². The lowest BCUT2D eigenvalue weighted by molar-refractivity contribution is 0.206. The van der Waals surface area contributed by atoms with Crippen molar-refractivity contribution in [2.24, 2.45) is 0 Å². The van der Waals surface area contributed by atoms with Crippen LogP contribution in [0.3, 0.4) is 0 Å². The fraction of sp³-hybridized carbons (Fsp3) is 0.545. The first-order chi connectivity index (χ1) is 8.54. The van der Waals surface area contributed by atoms with Gasteiger partial charge < -0.3 is 4.98 Å². The quantitative estimate of drug-likeness (QED) is 0.761. The van der Waals surface area contributed by atoms with Gasteiger partial charge in [-0.1, -0.05) is 5.92 Å². The maximum Gasteiger partial charge on any atom is 0.260 e. The molecule has 0 unspecified atom stereocenters. The Bertz CT molecular complexity index is 550. The molecule has 1 aromatic rings. The second kappa shape index (κ2) is 5.10. The second-order valence-corrected chi connectivity index (χ2v) is 6.12. The molecular formula is C11H16N4O2S. The number of aromatic nitrogens is 2. The topological polar surface area (TPSA) is 69.3 Å². The molecule has 1 aliphatic rings. The first kappa shape index (κ1) is 13.1. The first-order valence-electron chi connectivity index (χ1n) is 5.71. The van der Waals surface area contributed by atoms with Crippen molar-refractivity contribution in [3.05, 3.63) is 12.0 Å². The number of sulfonamides is 1. The number of hydrogen-bond acceptors (Lipinski definition) is 4. The number of piperazine rings is 1. The van der Waals surface area contributed by atoms with Crippen LogP contribution in [0.4, 0.5) is 0 Å². The fourth-order valence-corrected chi connectivity index (χ4v) is 3.31. The standard InChI is InChI=1S/C11H16N4O2S/c1-3-4-14-5-7-15(8-6-14)18(16,17)11-9-12-10(2)13-11/h1,9H,4-8H2,2H3,(H,12,13). The number of aromatic amines is 1. The van der Waals surface area contributed by atoms with E-state index >= 15 is 0 Å². The van der Waals surface area contributed by atoms with Crippen molar-refractivity contribution in [2.45, 2.75) is 11.9 Å². The third kappa shape index (κ3) is 2.56. The number of nitrogens with one attached hydrogen (secondary N) is 1. The lowest BCUT2D eigenvalue weighted by Gasteiger charge is -2.32. The van der Waals surface area contributed by atoms with Gasteiger partial charge in [0.1, 0.15) is 5.82 Å². The molecule has 6 nitrogen and oxygen atoms in total. The van der Waals surface area contributed by atoms with E-state index in [1.54, 1.807) is 6.92 Å². The van der Waals surface area contributed by atoms with Crippen LogP contribution in [-0.4, -0.2) is 60.3 Å². The molecule has 0 radical (unpaired) electrons. The van der Waals surface area contributed by atoms with Gasteiger partial charge in [0.15, 0.2) is 5.03 Å². The van der Waals surface area contributed by atoms with Crippen LogP contribution in [0, 0.1) is 19.3 Å². The van der Waals surface area contributed by atoms with Crippen molar-refractivity contribution in [1.82, 2.24) is 19.2 Å². The van der Waals surface area contributed by atoms with Gasteiger partial charge in [0, 0.05) is 26.2 Å². The summed E-state index contributed by atoms with van der Waals surface area (Å²) < 4.78 is 26.0. The summed E-state index contributed by atoms with van der Waals surface area (Å²) in [5, 5.41) is 0.158. The van der Waals surface area contributed by atoms with Crippen molar-refractivity contribution < 1.29 is 8.42 Å². The predicted octanol–water partition coefficient (Wildman–Crippen LogP) is -0.342. The van der Waals surface area contributed by atoms with Gasteiger partial charge in [0.2, 0.25) is 0 Å².